The van der Waals surface area contributed by atoms with E-state index >= 15 is 0 Å². The average molecular weight is 334 g/mol. The first-order valence-electron chi connectivity index (χ1n) is 7.20. The second-order valence-corrected chi connectivity index (χ2v) is 6.97. The van der Waals surface area contributed by atoms with Crippen molar-refractivity contribution in [2.45, 2.75) is 31.2 Å². The van der Waals surface area contributed by atoms with Crippen molar-refractivity contribution in [3.05, 3.63) is 58.6 Å². The number of rotatable bonds is 6. The molecule has 0 saturated heterocycles. The summed E-state index contributed by atoms with van der Waals surface area (Å²) in [6.45, 7) is 3.72. The molecule has 122 valence electrons. The van der Waals surface area contributed by atoms with Crippen LogP contribution < -0.4 is 4.72 Å². The fourth-order valence-electron chi connectivity index (χ4n) is 2.02. The Labute approximate surface area is 135 Å². The number of nitro groups is 1. The summed E-state index contributed by atoms with van der Waals surface area (Å²) in [6, 6.07) is 12.4. The van der Waals surface area contributed by atoms with Crippen molar-refractivity contribution in [3.8, 4) is 11.1 Å². The minimum Gasteiger partial charge on any atom is -0.258 e. The molecule has 7 heteroatoms. The van der Waals surface area contributed by atoms with Gasteiger partial charge in [-0.3, -0.25) is 10.1 Å². The highest BCUT2D eigenvalue weighted by atomic mass is 32.2. The summed E-state index contributed by atoms with van der Waals surface area (Å²) >= 11 is 0. The predicted molar refractivity (Wildman–Crippen MR) is 88.6 cm³/mol. The molecule has 0 bridgehead atoms. The Kier molecular flexibility index (Phi) is 5.12. The first-order chi connectivity index (χ1) is 10.8. The highest BCUT2D eigenvalue weighted by molar-refractivity contribution is 7.89. The maximum atomic E-state index is 12.2. The van der Waals surface area contributed by atoms with Crippen molar-refractivity contribution in [1.29, 1.82) is 0 Å². The quantitative estimate of drug-likeness (QED) is 0.648. The normalized spacial score (nSPS) is 12.8. The van der Waals surface area contributed by atoms with Crippen molar-refractivity contribution in [1.82, 2.24) is 4.72 Å². The van der Waals surface area contributed by atoms with Crippen LogP contribution in [0.5, 0.6) is 0 Å². The fraction of sp³-hybridized carbons (Fsp3) is 0.250. The number of hydrogen-bond acceptors (Lipinski definition) is 4. The van der Waals surface area contributed by atoms with Gasteiger partial charge in [-0.15, -0.1) is 0 Å². The van der Waals surface area contributed by atoms with Crippen LogP contribution in [-0.2, 0) is 10.0 Å². The van der Waals surface area contributed by atoms with Crippen molar-refractivity contribution in [2.75, 3.05) is 0 Å². The molecule has 6 nitrogen and oxygen atoms in total. The Morgan fingerprint density at radius 1 is 1.04 bits per heavy atom. The zero-order valence-corrected chi connectivity index (χ0v) is 13.7. The summed E-state index contributed by atoms with van der Waals surface area (Å²) in [5.41, 5.74) is 1.60. The van der Waals surface area contributed by atoms with Gasteiger partial charge in [0, 0.05) is 18.2 Å². The molecule has 0 radical (unpaired) electrons. The molecule has 2 rings (SSSR count). The molecule has 0 aliphatic rings. The second kappa shape index (κ2) is 6.89. The van der Waals surface area contributed by atoms with Crippen LogP contribution in [0.3, 0.4) is 0 Å². The van der Waals surface area contributed by atoms with Gasteiger partial charge in [0.15, 0.2) is 0 Å². The Balaban J connectivity index is 2.24. The van der Waals surface area contributed by atoms with Crippen LogP contribution in [0.15, 0.2) is 53.4 Å². The molecular formula is C16H18N2O4S. The van der Waals surface area contributed by atoms with Gasteiger partial charge in [-0.1, -0.05) is 19.1 Å². The largest absolute Gasteiger partial charge is 0.269 e. The first kappa shape index (κ1) is 17.1. The van der Waals surface area contributed by atoms with Gasteiger partial charge < -0.3 is 0 Å². The second-order valence-electron chi connectivity index (χ2n) is 5.26. The Morgan fingerprint density at radius 3 is 1.96 bits per heavy atom. The zero-order chi connectivity index (χ0) is 17.0. The molecular weight excluding hydrogens is 316 g/mol. The van der Waals surface area contributed by atoms with E-state index in [1.54, 1.807) is 24.3 Å². The van der Waals surface area contributed by atoms with E-state index in [-0.39, 0.29) is 16.6 Å². The Bertz CT molecular complexity index is 784. The molecule has 0 amide bonds. The van der Waals surface area contributed by atoms with Crippen LogP contribution in [0.4, 0.5) is 5.69 Å². The van der Waals surface area contributed by atoms with Crippen molar-refractivity contribution >= 4 is 15.7 Å². The molecule has 23 heavy (non-hydrogen) atoms. The van der Waals surface area contributed by atoms with Gasteiger partial charge in [-0.2, -0.15) is 0 Å². The van der Waals surface area contributed by atoms with Gasteiger partial charge in [0.25, 0.3) is 5.69 Å². The minimum atomic E-state index is -3.53. The molecule has 0 aromatic heterocycles. The average Bonchev–Trinajstić information content (AvgIpc) is 2.54. The lowest BCUT2D eigenvalue weighted by atomic mass is 10.1. The summed E-state index contributed by atoms with van der Waals surface area (Å²) < 4.78 is 27.0. The van der Waals surface area contributed by atoms with Gasteiger partial charge in [-0.05, 0) is 48.7 Å². The molecule has 1 N–H and O–H groups in total. The number of nitrogens with one attached hydrogen (secondary N) is 1. The summed E-state index contributed by atoms with van der Waals surface area (Å²) in [7, 11) is -3.53. The molecule has 0 aliphatic carbocycles. The van der Waals surface area contributed by atoms with E-state index in [1.165, 1.54) is 24.3 Å². The monoisotopic (exact) mass is 334 g/mol. The van der Waals surface area contributed by atoms with Crippen LogP contribution >= 0.6 is 0 Å². The van der Waals surface area contributed by atoms with Crippen LogP contribution in [0.1, 0.15) is 20.3 Å². The molecule has 2 aromatic carbocycles. The van der Waals surface area contributed by atoms with Gasteiger partial charge in [0.2, 0.25) is 10.0 Å². The van der Waals surface area contributed by atoms with Crippen LogP contribution in [-0.4, -0.2) is 19.4 Å². The Hall–Kier alpha value is -2.25. The molecule has 1 atom stereocenters. The summed E-state index contributed by atoms with van der Waals surface area (Å²) in [6.07, 6.45) is 0.708. The fourth-order valence-corrected chi connectivity index (χ4v) is 3.35. The van der Waals surface area contributed by atoms with Crippen molar-refractivity contribution in [2.24, 2.45) is 0 Å². The number of nitrogens with zero attached hydrogens (tertiary/aromatic N) is 1. The van der Waals surface area contributed by atoms with Crippen LogP contribution in [0.2, 0.25) is 0 Å². The lowest BCUT2D eigenvalue weighted by Gasteiger charge is -2.12. The standard InChI is InChI=1S/C16H18N2O4S/c1-3-12(2)17-23(21,22)16-10-6-14(7-11-16)13-4-8-15(9-5-13)18(19)20/h4-12,17H,3H2,1-2H3. The van der Waals surface area contributed by atoms with E-state index in [9.17, 15) is 18.5 Å². The molecule has 0 saturated carbocycles. The number of hydrogen-bond donors (Lipinski definition) is 1. The van der Waals surface area contributed by atoms with Crippen molar-refractivity contribution in [3.63, 3.8) is 0 Å². The zero-order valence-electron chi connectivity index (χ0n) is 12.9. The SMILES string of the molecule is CCC(C)NS(=O)(=O)c1ccc(-c2ccc([N+](=O)[O-])cc2)cc1. The van der Waals surface area contributed by atoms with Gasteiger partial charge in [-0.25, -0.2) is 13.1 Å². The topological polar surface area (TPSA) is 89.3 Å². The molecule has 1 unspecified atom stereocenters. The minimum absolute atomic E-state index is 0.0192. The van der Waals surface area contributed by atoms with E-state index in [0.717, 1.165) is 11.1 Å². The third-order valence-corrected chi connectivity index (χ3v) is 5.15. The number of sulfonamides is 1. The molecule has 0 spiro atoms. The third kappa shape index (κ3) is 4.14. The van der Waals surface area contributed by atoms with E-state index in [4.69, 9.17) is 0 Å². The maximum Gasteiger partial charge on any atom is 0.269 e. The first-order valence-corrected chi connectivity index (χ1v) is 8.69. The summed E-state index contributed by atoms with van der Waals surface area (Å²) in [4.78, 5) is 10.4. The summed E-state index contributed by atoms with van der Waals surface area (Å²) in [5, 5.41) is 10.6. The molecule has 0 fully saturated rings. The highest BCUT2D eigenvalue weighted by Gasteiger charge is 2.16. The van der Waals surface area contributed by atoms with Crippen molar-refractivity contribution < 1.29 is 13.3 Å². The van der Waals surface area contributed by atoms with Crippen LogP contribution in [0, 0.1) is 10.1 Å². The molecule has 0 aliphatic heterocycles. The molecule has 0 heterocycles. The molecule has 2 aromatic rings. The highest BCUT2D eigenvalue weighted by Crippen LogP contribution is 2.23. The lowest BCUT2D eigenvalue weighted by molar-refractivity contribution is -0.384. The predicted octanol–water partition coefficient (Wildman–Crippen LogP) is 3.34. The number of nitro benzene ring substituents is 1. The van der Waals surface area contributed by atoms with E-state index in [1.807, 2.05) is 13.8 Å². The Morgan fingerprint density at radius 2 is 1.52 bits per heavy atom. The van der Waals surface area contributed by atoms with Gasteiger partial charge >= 0.3 is 0 Å². The summed E-state index contributed by atoms with van der Waals surface area (Å²) in [5.74, 6) is 0. The van der Waals surface area contributed by atoms with Gasteiger partial charge in [0.1, 0.15) is 0 Å². The lowest BCUT2D eigenvalue weighted by Crippen LogP contribution is -2.31. The van der Waals surface area contributed by atoms with E-state index < -0.39 is 14.9 Å². The van der Waals surface area contributed by atoms with E-state index in [0.29, 0.717) is 6.42 Å². The van der Waals surface area contributed by atoms with Crippen LogP contribution in [0.25, 0.3) is 11.1 Å². The maximum absolute atomic E-state index is 12.2. The van der Waals surface area contributed by atoms with E-state index in [2.05, 4.69) is 4.72 Å². The smallest absolute Gasteiger partial charge is 0.258 e. The third-order valence-electron chi connectivity index (χ3n) is 3.54. The van der Waals surface area contributed by atoms with Gasteiger partial charge in [0.05, 0.1) is 9.82 Å². The number of benzene rings is 2. The number of non-ortho nitro benzene ring substituents is 1.